The molecule has 1 aliphatic rings. The highest BCUT2D eigenvalue weighted by Crippen LogP contribution is 2.34. The SMILES string of the molecule is CC(n1cc(C#Cc2cccc(C(=O)NC3CC3)c2)c2c(N)ncnc21)C(F)(F)F. The van der Waals surface area contributed by atoms with E-state index in [-0.39, 0.29) is 34.4 Å². The van der Waals surface area contributed by atoms with E-state index in [0.29, 0.717) is 11.1 Å². The van der Waals surface area contributed by atoms with Gasteiger partial charge in [-0.05, 0) is 38.0 Å². The first-order valence-corrected chi connectivity index (χ1v) is 9.34. The number of hydrogen-bond acceptors (Lipinski definition) is 4. The molecule has 1 aromatic carbocycles. The van der Waals surface area contributed by atoms with Crippen LogP contribution in [0.5, 0.6) is 0 Å². The molecule has 1 aliphatic carbocycles. The Balaban J connectivity index is 1.72. The van der Waals surface area contributed by atoms with Gasteiger partial charge in [0.15, 0.2) is 0 Å². The van der Waals surface area contributed by atoms with Gasteiger partial charge in [0.05, 0.1) is 10.9 Å². The Morgan fingerprint density at radius 1 is 1.30 bits per heavy atom. The number of nitrogens with two attached hydrogens (primary N) is 1. The monoisotopic (exact) mass is 413 g/mol. The maximum Gasteiger partial charge on any atom is 0.408 e. The summed E-state index contributed by atoms with van der Waals surface area (Å²) < 4.78 is 40.8. The van der Waals surface area contributed by atoms with E-state index in [2.05, 4.69) is 27.1 Å². The molecular formula is C21H18F3N5O. The first-order chi connectivity index (χ1) is 14.2. The lowest BCUT2D eigenvalue weighted by Crippen LogP contribution is -2.25. The van der Waals surface area contributed by atoms with Crippen molar-refractivity contribution < 1.29 is 18.0 Å². The molecule has 1 fully saturated rings. The topological polar surface area (TPSA) is 85.8 Å². The molecule has 154 valence electrons. The third-order valence-corrected chi connectivity index (χ3v) is 4.91. The number of amides is 1. The number of halogens is 3. The number of benzene rings is 1. The van der Waals surface area contributed by atoms with Gasteiger partial charge < -0.3 is 15.6 Å². The van der Waals surface area contributed by atoms with E-state index in [4.69, 9.17) is 5.73 Å². The van der Waals surface area contributed by atoms with Crippen LogP contribution in [0.1, 0.15) is 47.3 Å². The highest BCUT2D eigenvalue weighted by Gasteiger charge is 2.38. The number of nitrogens with one attached hydrogen (secondary N) is 1. The van der Waals surface area contributed by atoms with Crippen LogP contribution in [-0.4, -0.2) is 32.7 Å². The molecule has 1 unspecified atom stereocenters. The second-order valence-electron chi connectivity index (χ2n) is 7.20. The summed E-state index contributed by atoms with van der Waals surface area (Å²) in [5.41, 5.74) is 7.28. The zero-order valence-electron chi connectivity index (χ0n) is 16.0. The molecule has 0 saturated heterocycles. The van der Waals surface area contributed by atoms with Gasteiger partial charge in [0, 0.05) is 23.4 Å². The van der Waals surface area contributed by atoms with E-state index in [1.807, 2.05) is 0 Å². The lowest BCUT2D eigenvalue weighted by Gasteiger charge is -2.17. The van der Waals surface area contributed by atoms with E-state index in [0.717, 1.165) is 30.7 Å². The zero-order chi connectivity index (χ0) is 21.5. The minimum atomic E-state index is -4.46. The van der Waals surface area contributed by atoms with Crippen molar-refractivity contribution in [2.75, 3.05) is 5.73 Å². The number of carbonyl (C=O) groups excluding carboxylic acids is 1. The Labute approximate surface area is 170 Å². The van der Waals surface area contributed by atoms with E-state index in [1.165, 1.54) is 6.20 Å². The first-order valence-electron chi connectivity index (χ1n) is 9.34. The number of alkyl halides is 3. The van der Waals surface area contributed by atoms with E-state index < -0.39 is 12.2 Å². The van der Waals surface area contributed by atoms with Crippen LogP contribution >= 0.6 is 0 Å². The molecule has 0 aliphatic heterocycles. The number of aromatic nitrogens is 3. The van der Waals surface area contributed by atoms with Crippen LogP contribution < -0.4 is 11.1 Å². The molecule has 0 radical (unpaired) electrons. The van der Waals surface area contributed by atoms with E-state index in [9.17, 15) is 18.0 Å². The Morgan fingerprint density at radius 2 is 2.07 bits per heavy atom. The lowest BCUT2D eigenvalue weighted by molar-refractivity contribution is -0.162. The van der Waals surface area contributed by atoms with Crippen LogP contribution in [0, 0.1) is 11.8 Å². The number of nitrogen functional groups attached to an aromatic ring is 1. The summed E-state index contributed by atoms with van der Waals surface area (Å²) >= 11 is 0. The Morgan fingerprint density at radius 3 is 2.77 bits per heavy atom. The van der Waals surface area contributed by atoms with Gasteiger partial charge in [-0.15, -0.1) is 0 Å². The van der Waals surface area contributed by atoms with Crippen LogP contribution in [0.25, 0.3) is 11.0 Å². The number of anilines is 1. The number of carbonyl (C=O) groups is 1. The fraction of sp³-hybridized carbons (Fsp3) is 0.286. The predicted molar refractivity (Wildman–Crippen MR) is 106 cm³/mol. The van der Waals surface area contributed by atoms with Crippen molar-refractivity contribution in [1.29, 1.82) is 0 Å². The van der Waals surface area contributed by atoms with Crippen molar-refractivity contribution in [2.45, 2.75) is 38.0 Å². The fourth-order valence-electron chi connectivity index (χ4n) is 3.03. The van der Waals surface area contributed by atoms with Crippen molar-refractivity contribution in [3.05, 3.63) is 53.5 Å². The summed E-state index contributed by atoms with van der Waals surface area (Å²) in [6.07, 6.45) is -0.0924. The second-order valence-corrected chi connectivity index (χ2v) is 7.20. The maximum atomic E-state index is 13.3. The highest BCUT2D eigenvalue weighted by atomic mass is 19.4. The van der Waals surface area contributed by atoms with Gasteiger partial charge >= 0.3 is 6.18 Å². The number of hydrogen-bond donors (Lipinski definition) is 2. The minimum Gasteiger partial charge on any atom is -0.383 e. The second kappa shape index (κ2) is 7.37. The van der Waals surface area contributed by atoms with Gasteiger partial charge in [0.1, 0.15) is 23.8 Å². The average Bonchev–Trinajstić information content (AvgIpc) is 3.44. The predicted octanol–water partition coefficient (Wildman–Crippen LogP) is 3.43. The van der Waals surface area contributed by atoms with E-state index >= 15 is 0 Å². The molecular weight excluding hydrogens is 395 g/mol. The standard InChI is InChI=1S/C21H18F3N5O/c1-12(21(22,23)24)29-10-15(17-18(25)26-11-27-19(17)29)6-5-13-3-2-4-14(9-13)20(30)28-16-7-8-16/h2-4,9-12,16H,7-8H2,1H3,(H,28,30)(H2,25,26,27). The molecule has 9 heteroatoms. The van der Waals surface area contributed by atoms with Crippen LogP contribution in [0.15, 0.2) is 36.8 Å². The molecule has 3 aromatic rings. The quantitative estimate of drug-likeness (QED) is 0.645. The molecule has 4 rings (SSSR count). The number of fused-ring (bicyclic) bond motifs is 1. The molecule has 0 spiro atoms. The Kier molecular flexibility index (Phi) is 4.86. The fourth-order valence-corrected chi connectivity index (χ4v) is 3.03. The highest BCUT2D eigenvalue weighted by molar-refractivity contribution is 5.95. The molecule has 30 heavy (non-hydrogen) atoms. The maximum absolute atomic E-state index is 13.3. The van der Waals surface area contributed by atoms with Gasteiger partial charge in [-0.25, -0.2) is 9.97 Å². The zero-order valence-corrected chi connectivity index (χ0v) is 16.0. The van der Waals surface area contributed by atoms with Crippen LogP contribution in [-0.2, 0) is 0 Å². The number of rotatable bonds is 3. The van der Waals surface area contributed by atoms with Gasteiger partial charge in [0.2, 0.25) is 0 Å². The van der Waals surface area contributed by atoms with Crippen molar-refractivity contribution in [3.8, 4) is 11.8 Å². The summed E-state index contributed by atoms with van der Waals surface area (Å²) in [7, 11) is 0. The van der Waals surface area contributed by atoms with Crippen LogP contribution in [0.3, 0.4) is 0 Å². The normalized spacial score (nSPS) is 14.8. The summed E-state index contributed by atoms with van der Waals surface area (Å²) in [5, 5.41) is 3.17. The van der Waals surface area contributed by atoms with Gasteiger partial charge in [-0.1, -0.05) is 17.9 Å². The molecule has 0 bridgehead atoms. The van der Waals surface area contributed by atoms with Crippen molar-refractivity contribution in [2.24, 2.45) is 0 Å². The lowest BCUT2D eigenvalue weighted by atomic mass is 10.1. The van der Waals surface area contributed by atoms with E-state index in [1.54, 1.807) is 24.3 Å². The first kappa shape index (κ1) is 19.8. The smallest absolute Gasteiger partial charge is 0.383 e. The summed E-state index contributed by atoms with van der Waals surface area (Å²) in [6.45, 7) is 1.04. The van der Waals surface area contributed by atoms with Gasteiger partial charge in [-0.2, -0.15) is 13.2 Å². The van der Waals surface area contributed by atoms with Gasteiger partial charge in [-0.3, -0.25) is 4.79 Å². The largest absolute Gasteiger partial charge is 0.408 e. The van der Waals surface area contributed by atoms with Crippen molar-refractivity contribution >= 4 is 22.8 Å². The molecule has 2 heterocycles. The third-order valence-electron chi connectivity index (χ3n) is 4.91. The Bertz CT molecular complexity index is 1180. The van der Waals surface area contributed by atoms with Gasteiger partial charge in [0.25, 0.3) is 5.91 Å². The van der Waals surface area contributed by atoms with Crippen LogP contribution in [0.4, 0.5) is 19.0 Å². The van der Waals surface area contributed by atoms with Crippen LogP contribution in [0.2, 0.25) is 0 Å². The van der Waals surface area contributed by atoms with Crippen molar-refractivity contribution in [1.82, 2.24) is 19.9 Å². The molecule has 1 amide bonds. The van der Waals surface area contributed by atoms with Crippen molar-refractivity contribution in [3.63, 3.8) is 0 Å². The summed E-state index contributed by atoms with van der Waals surface area (Å²) in [4.78, 5) is 20.1. The molecule has 2 aromatic heterocycles. The molecule has 1 saturated carbocycles. The summed E-state index contributed by atoms with van der Waals surface area (Å²) in [6, 6.07) is 5.18. The minimum absolute atomic E-state index is 0.0509. The molecule has 3 N–H and O–H groups in total. The number of nitrogens with zero attached hydrogens (tertiary/aromatic N) is 3. The summed E-state index contributed by atoms with van der Waals surface area (Å²) in [5.74, 6) is 5.64. The molecule has 6 nitrogen and oxygen atoms in total. The average molecular weight is 413 g/mol. The molecule has 1 atom stereocenters. The third kappa shape index (κ3) is 3.94. The Hall–Kier alpha value is -3.54.